The third kappa shape index (κ3) is 4.08. The topological polar surface area (TPSA) is 38.8 Å². The normalized spacial score (nSPS) is 22.2. The van der Waals surface area contributed by atoms with E-state index in [1.165, 1.54) is 18.2 Å². The largest absolute Gasteiger partial charge is 0.493 e. The van der Waals surface area contributed by atoms with Crippen molar-refractivity contribution in [3.05, 3.63) is 58.7 Å². The summed E-state index contributed by atoms with van der Waals surface area (Å²) in [4.78, 5) is 15.3. The Balaban J connectivity index is 1.38. The number of hydrogen-bond donors (Lipinski definition) is 0. The van der Waals surface area contributed by atoms with E-state index in [4.69, 9.17) is 9.47 Å². The maximum Gasteiger partial charge on any atom is 0.200 e. The highest BCUT2D eigenvalue weighted by Gasteiger charge is 2.48. The number of fused-ring (bicyclic) bond motifs is 1. The van der Waals surface area contributed by atoms with Gasteiger partial charge in [0.2, 0.25) is 5.78 Å². The highest BCUT2D eigenvalue weighted by Crippen LogP contribution is 2.43. The molecule has 1 aliphatic heterocycles. The predicted molar refractivity (Wildman–Crippen MR) is 115 cm³/mol. The van der Waals surface area contributed by atoms with Gasteiger partial charge in [-0.3, -0.25) is 9.69 Å². The summed E-state index contributed by atoms with van der Waals surface area (Å²) in [5, 5.41) is 0. The summed E-state index contributed by atoms with van der Waals surface area (Å²) < 4.78 is 26.4. The molecule has 1 heterocycles. The van der Waals surface area contributed by atoms with Gasteiger partial charge in [0.1, 0.15) is 0 Å². The quantitative estimate of drug-likeness (QED) is 0.687. The Kier molecular flexibility index (Phi) is 5.83. The van der Waals surface area contributed by atoms with E-state index in [2.05, 4.69) is 36.1 Å². The van der Waals surface area contributed by atoms with Crippen molar-refractivity contribution >= 4 is 5.78 Å². The van der Waals surface area contributed by atoms with E-state index in [-0.39, 0.29) is 12.3 Å². The molecular weight excluding hydrogens is 381 g/mol. The summed E-state index contributed by atoms with van der Waals surface area (Å²) in [6.45, 7) is 4.92. The van der Waals surface area contributed by atoms with Crippen molar-refractivity contribution in [1.82, 2.24) is 4.90 Å². The number of aryl methyl sites for hydroxylation is 1. The van der Waals surface area contributed by atoms with Gasteiger partial charge in [-0.15, -0.1) is 0 Å². The van der Waals surface area contributed by atoms with Crippen LogP contribution in [0.5, 0.6) is 11.5 Å². The number of Topliss-reactive ketones (excluding diaryl/α,β-unsaturated/α-hetero) is 1. The van der Waals surface area contributed by atoms with Crippen molar-refractivity contribution in [1.29, 1.82) is 0 Å². The van der Waals surface area contributed by atoms with Crippen LogP contribution in [0.3, 0.4) is 0 Å². The fourth-order valence-corrected chi connectivity index (χ4v) is 4.94. The molecule has 1 fully saturated rings. The predicted octanol–water partition coefficient (Wildman–Crippen LogP) is 4.76. The van der Waals surface area contributed by atoms with E-state index in [9.17, 15) is 4.79 Å². The molecule has 2 aromatic carbocycles. The fourth-order valence-electron chi connectivity index (χ4n) is 4.94. The number of carbonyl (C=O) groups excluding carboxylic acids is 1. The number of methoxy groups -OCH3 is 2. The van der Waals surface area contributed by atoms with Gasteiger partial charge in [0.05, 0.1) is 14.2 Å². The highest BCUT2D eigenvalue weighted by atomic mass is 19.1. The number of alkyl halides is 1. The van der Waals surface area contributed by atoms with Crippen molar-refractivity contribution < 1.29 is 18.7 Å². The molecule has 0 saturated carbocycles. The Hall–Kier alpha value is -2.40. The summed E-state index contributed by atoms with van der Waals surface area (Å²) in [6, 6.07) is 12.0. The van der Waals surface area contributed by atoms with Crippen LogP contribution in [0.15, 0.2) is 36.4 Å². The molecule has 0 N–H and O–H groups in total. The summed E-state index contributed by atoms with van der Waals surface area (Å²) in [7, 11) is 3.07. The number of benzene rings is 2. The number of ether oxygens (including phenoxy) is 2. The van der Waals surface area contributed by atoms with Gasteiger partial charge in [-0.25, -0.2) is 4.39 Å². The second-order valence-corrected chi connectivity index (χ2v) is 8.75. The Bertz CT molecular complexity index is 936. The molecule has 1 atom stereocenters. The fraction of sp³-hybridized carbons (Fsp3) is 0.480. The van der Waals surface area contributed by atoms with Crippen LogP contribution in [0.25, 0.3) is 0 Å². The number of ketones is 1. The first-order valence-corrected chi connectivity index (χ1v) is 10.7. The van der Waals surface area contributed by atoms with Crippen molar-refractivity contribution in [2.45, 2.75) is 44.8 Å². The van der Waals surface area contributed by atoms with Crippen LogP contribution < -0.4 is 9.47 Å². The van der Waals surface area contributed by atoms with Crippen LogP contribution in [0.4, 0.5) is 4.39 Å². The van der Waals surface area contributed by atoms with Crippen molar-refractivity contribution in [3.63, 3.8) is 0 Å². The van der Waals surface area contributed by atoms with E-state index in [0.717, 1.165) is 38.0 Å². The number of rotatable bonds is 6. The molecule has 1 saturated heterocycles. The van der Waals surface area contributed by atoms with E-state index in [1.807, 2.05) is 0 Å². The molecule has 2 aromatic rings. The minimum Gasteiger partial charge on any atom is -0.493 e. The average Bonchev–Trinajstić information content (AvgIpc) is 2.98. The number of piperidine rings is 1. The first kappa shape index (κ1) is 20.9. The molecule has 1 aliphatic carbocycles. The Morgan fingerprint density at radius 3 is 2.47 bits per heavy atom. The van der Waals surface area contributed by atoms with E-state index < -0.39 is 11.5 Å². The van der Waals surface area contributed by atoms with Gasteiger partial charge in [-0.05, 0) is 68.5 Å². The molecule has 0 radical (unpaired) electrons. The molecule has 30 heavy (non-hydrogen) atoms. The molecule has 2 aliphatic rings. The molecule has 160 valence electrons. The summed E-state index contributed by atoms with van der Waals surface area (Å²) in [5.74, 6) is 0.836. The zero-order valence-corrected chi connectivity index (χ0v) is 18.0. The van der Waals surface area contributed by atoms with Crippen LogP contribution >= 0.6 is 0 Å². The van der Waals surface area contributed by atoms with Gasteiger partial charge in [-0.2, -0.15) is 0 Å². The monoisotopic (exact) mass is 411 g/mol. The van der Waals surface area contributed by atoms with Crippen LogP contribution in [0.1, 0.15) is 46.3 Å². The summed E-state index contributed by atoms with van der Waals surface area (Å²) >= 11 is 0. The lowest BCUT2D eigenvalue weighted by Gasteiger charge is -2.34. The molecule has 1 unspecified atom stereocenters. The van der Waals surface area contributed by atoms with Crippen LogP contribution in [-0.2, 0) is 13.0 Å². The van der Waals surface area contributed by atoms with Gasteiger partial charge < -0.3 is 9.47 Å². The number of halogens is 1. The lowest BCUT2D eigenvalue weighted by Crippen LogP contribution is -2.38. The van der Waals surface area contributed by atoms with E-state index in [1.54, 1.807) is 19.2 Å². The number of hydrogen-bond acceptors (Lipinski definition) is 4. The SMILES string of the molecule is COc1cc2c(cc1OC)C(=O)C(F)(CC1CCN(Cc3cccc(C)c3)CC1)C2. The number of carbonyl (C=O) groups is 1. The summed E-state index contributed by atoms with van der Waals surface area (Å²) in [5.41, 5.74) is 1.93. The number of likely N-dealkylation sites (tertiary alicyclic amines) is 1. The Morgan fingerprint density at radius 1 is 1.10 bits per heavy atom. The first-order chi connectivity index (χ1) is 14.4. The van der Waals surface area contributed by atoms with Gasteiger partial charge in [0, 0.05) is 18.5 Å². The second-order valence-electron chi connectivity index (χ2n) is 8.75. The van der Waals surface area contributed by atoms with Crippen molar-refractivity contribution in [2.24, 2.45) is 5.92 Å². The standard InChI is InChI=1S/C25H30FNO3/c1-17-5-4-6-19(11-17)16-27-9-7-18(8-10-27)14-25(26)15-20-12-22(29-2)23(30-3)13-21(20)24(25)28/h4-6,11-13,18H,7-10,14-16H2,1-3H3. The maximum atomic E-state index is 15.8. The zero-order chi connectivity index (χ0) is 21.3. The Morgan fingerprint density at radius 2 is 1.80 bits per heavy atom. The lowest BCUT2D eigenvalue weighted by molar-refractivity contribution is 0.0587. The Labute approximate surface area is 178 Å². The highest BCUT2D eigenvalue weighted by molar-refractivity contribution is 6.07. The molecular formula is C25H30FNO3. The third-order valence-corrected chi connectivity index (χ3v) is 6.54. The van der Waals surface area contributed by atoms with Crippen LogP contribution in [-0.4, -0.2) is 43.7 Å². The first-order valence-electron chi connectivity index (χ1n) is 10.7. The molecule has 4 nitrogen and oxygen atoms in total. The van der Waals surface area contributed by atoms with Gasteiger partial charge in [-0.1, -0.05) is 29.8 Å². The molecule has 0 aromatic heterocycles. The minimum absolute atomic E-state index is 0.130. The third-order valence-electron chi connectivity index (χ3n) is 6.54. The molecule has 5 heteroatoms. The van der Waals surface area contributed by atoms with Crippen molar-refractivity contribution in [3.8, 4) is 11.5 Å². The molecule has 0 spiro atoms. The molecule has 4 rings (SSSR count). The smallest absolute Gasteiger partial charge is 0.200 e. The lowest BCUT2D eigenvalue weighted by atomic mass is 9.83. The molecule has 0 amide bonds. The molecule has 0 bridgehead atoms. The van der Waals surface area contributed by atoms with Gasteiger partial charge in [0.15, 0.2) is 17.2 Å². The maximum absolute atomic E-state index is 15.8. The average molecular weight is 412 g/mol. The van der Waals surface area contributed by atoms with Crippen LogP contribution in [0.2, 0.25) is 0 Å². The minimum atomic E-state index is -1.82. The van der Waals surface area contributed by atoms with E-state index in [0.29, 0.717) is 23.5 Å². The number of nitrogens with zero attached hydrogens (tertiary/aromatic N) is 1. The van der Waals surface area contributed by atoms with Crippen molar-refractivity contribution in [2.75, 3.05) is 27.3 Å². The summed E-state index contributed by atoms with van der Waals surface area (Å²) in [6.07, 6.45) is 2.27. The van der Waals surface area contributed by atoms with Gasteiger partial charge >= 0.3 is 0 Å². The van der Waals surface area contributed by atoms with Gasteiger partial charge in [0.25, 0.3) is 0 Å². The van der Waals surface area contributed by atoms with Crippen LogP contribution in [0, 0.1) is 12.8 Å². The zero-order valence-electron chi connectivity index (χ0n) is 18.0. The second kappa shape index (κ2) is 8.38. The van der Waals surface area contributed by atoms with E-state index >= 15 is 4.39 Å².